The van der Waals surface area contributed by atoms with Gasteiger partial charge in [-0.3, -0.25) is 0 Å². The second-order valence-electron chi connectivity index (χ2n) is 4.24. The summed E-state index contributed by atoms with van der Waals surface area (Å²) in [5, 5.41) is 0.729. The second-order valence-corrected chi connectivity index (χ2v) is 5.84. The maximum atomic E-state index is 6.35. The Bertz CT molecular complexity index is 554. The van der Waals surface area contributed by atoms with Gasteiger partial charge in [0.15, 0.2) is 0 Å². The molecule has 0 fully saturated rings. The molecule has 0 amide bonds. The smallest absolute Gasteiger partial charge is 0.0562 e. The Morgan fingerprint density at radius 2 is 2.00 bits per heavy atom. The van der Waals surface area contributed by atoms with Crippen LogP contribution in [0.4, 0.5) is 0 Å². The van der Waals surface area contributed by atoms with Crippen molar-refractivity contribution in [3.05, 3.63) is 67.7 Å². The predicted octanol–water partition coefficient (Wildman–Crippen LogP) is 4.56. The molecule has 1 nitrogen and oxygen atoms in total. The summed E-state index contributed by atoms with van der Waals surface area (Å²) in [6.45, 7) is 2.15. The SMILES string of the molecule is CCc1cccc(C(N)c2cc(Cl)ccc2I)c1. The molecule has 0 spiro atoms. The van der Waals surface area contributed by atoms with Crippen molar-refractivity contribution in [1.82, 2.24) is 0 Å². The van der Waals surface area contributed by atoms with E-state index in [1.165, 1.54) is 5.56 Å². The fourth-order valence-corrected chi connectivity index (χ4v) is 2.79. The van der Waals surface area contributed by atoms with E-state index < -0.39 is 0 Å². The summed E-state index contributed by atoms with van der Waals surface area (Å²) in [6.07, 6.45) is 1.02. The van der Waals surface area contributed by atoms with Crippen molar-refractivity contribution in [3.63, 3.8) is 0 Å². The summed E-state index contributed by atoms with van der Waals surface area (Å²) in [4.78, 5) is 0. The summed E-state index contributed by atoms with van der Waals surface area (Å²) < 4.78 is 1.14. The number of rotatable bonds is 3. The number of benzene rings is 2. The van der Waals surface area contributed by atoms with Crippen molar-refractivity contribution in [2.24, 2.45) is 5.73 Å². The van der Waals surface area contributed by atoms with Crippen LogP contribution in [0.15, 0.2) is 42.5 Å². The maximum absolute atomic E-state index is 6.35. The molecule has 1 unspecified atom stereocenters. The van der Waals surface area contributed by atoms with Gasteiger partial charge in [0.2, 0.25) is 0 Å². The fourth-order valence-electron chi connectivity index (χ4n) is 1.94. The molecular formula is C15H15ClIN. The molecule has 2 aromatic carbocycles. The van der Waals surface area contributed by atoms with Crippen LogP contribution in [-0.2, 0) is 6.42 Å². The van der Waals surface area contributed by atoms with Crippen molar-refractivity contribution in [3.8, 4) is 0 Å². The summed E-state index contributed by atoms with van der Waals surface area (Å²) >= 11 is 8.35. The average molecular weight is 372 g/mol. The topological polar surface area (TPSA) is 26.0 Å². The van der Waals surface area contributed by atoms with Gasteiger partial charge in [0.25, 0.3) is 0 Å². The van der Waals surface area contributed by atoms with E-state index >= 15 is 0 Å². The van der Waals surface area contributed by atoms with Crippen molar-refractivity contribution in [1.29, 1.82) is 0 Å². The van der Waals surface area contributed by atoms with Crippen LogP contribution in [-0.4, -0.2) is 0 Å². The standard InChI is InChI=1S/C15H15ClIN/c1-2-10-4-3-5-11(8-10)15(18)13-9-12(16)6-7-14(13)17/h3-9,15H,2,18H2,1H3. The minimum atomic E-state index is -0.123. The van der Waals surface area contributed by atoms with E-state index in [0.717, 1.165) is 26.1 Å². The Balaban J connectivity index is 2.40. The van der Waals surface area contributed by atoms with Crippen LogP contribution < -0.4 is 5.73 Å². The van der Waals surface area contributed by atoms with Gasteiger partial charge < -0.3 is 5.73 Å². The summed E-state index contributed by atoms with van der Waals surface area (Å²) in [5.41, 5.74) is 9.87. The van der Waals surface area contributed by atoms with Crippen LogP contribution in [0.1, 0.15) is 29.7 Å². The summed E-state index contributed by atoms with van der Waals surface area (Å²) in [5.74, 6) is 0. The van der Waals surface area contributed by atoms with E-state index in [9.17, 15) is 0 Å². The number of aryl methyl sites for hydroxylation is 1. The summed E-state index contributed by atoms with van der Waals surface area (Å²) in [6, 6.07) is 14.1. The van der Waals surface area contributed by atoms with Gasteiger partial charge in [0.05, 0.1) is 6.04 Å². The molecule has 0 aliphatic rings. The van der Waals surface area contributed by atoms with Crippen molar-refractivity contribution in [2.45, 2.75) is 19.4 Å². The largest absolute Gasteiger partial charge is 0.320 e. The minimum Gasteiger partial charge on any atom is -0.320 e. The first-order valence-electron chi connectivity index (χ1n) is 5.91. The molecule has 0 aliphatic carbocycles. The van der Waals surface area contributed by atoms with Crippen LogP contribution in [0.25, 0.3) is 0 Å². The van der Waals surface area contributed by atoms with Gasteiger partial charge in [0.1, 0.15) is 0 Å². The van der Waals surface area contributed by atoms with Crippen LogP contribution >= 0.6 is 34.2 Å². The Morgan fingerprint density at radius 1 is 1.22 bits per heavy atom. The van der Waals surface area contributed by atoms with E-state index in [0.29, 0.717) is 0 Å². The van der Waals surface area contributed by atoms with Gasteiger partial charge >= 0.3 is 0 Å². The molecule has 0 heterocycles. The number of hydrogen-bond acceptors (Lipinski definition) is 1. The molecule has 0 saturated heterocycles. The van der Waals surface area contributed by atoms with E-state index in [2.05, 4.69) is 53.8 Å². The molecule has 0 aliphatic heterocycles. The lowest BCUT2D eigenvalue weighted by Crippen LogP contribution is -2.13. The molecule has 0 radical (unpaired) electrons. The predicted molar refractivity (Wildman–Crippen MR) is 86.0 cm³/mol. The highest BCUT2D eigenvalue weighted by Crippen LogP contribution is 2.27. The quantitative estimate of drug-likeness (QED) is 0.787. The van der Waals surface area contributed by atoms with Gasteiger partial charge in [-0.1, -0.05) is 42.8 Å². The Kier molecular flexibility index (Phi) is 4.65. The zero-order chi connectivity index (χ0) is 13.1. The molecular weight excluding hydrogens is 357 g/mol. The van der Waals surface area contributed by atoms with Crippen molar-refractivity contribution < 1.29 is 0 Å². The zero-order valence-corrected chi connectivity index (χ0v) is 13.1. The Labute approximate surface area is 126 Å². The molecule has 0 aromatic heterocycles. The van der Waals surface area contributed by atoms with E-state index in [1.54, 1.807) is 0 Å². The minimum absolute atomic E-state index is 0.123. The van der Waals surface area contributed by atoms with Gasteiger partial charge in [0, 0.05) is 8.59 Å². The third-order valence-electron chi connectivity index (χ3n) is 3.01. The van der Waals surface area contributed by atoms with E-state index in [4.69, 9.17) is 17.3 Å². The Hall–Kier alpha value is -0.580. The first kappa shape index (κ1) is 13.8. The van der Waals surface area contributed by atoms with E-state index in [1.807, 2.05) is 18.2 Å². The molecule has 2 aromatic rings. The van der Waals surface area contributed by atoms with Crippen LogP contribution in [0.5, 0.6) is 0 Å². The highest BCUT2D eigenvalue weighted by molar-refractivity contribution is 14.1. The summed E-state index contributed by atoms with van der Waals surface area (Å²) in [7, 11) is 0. The molecule has 3 heteroatoms. The third-order valence-corrected chi connectivity index (χ3v) is 4.23. The normalized spacial score (nSPS) is 12.4. The van der Waals surface area contributed by atoms with Crippen molar-refractivity contribution in [2.75, 3.05) is 0 Å². The second kappa shape index (κ2) is 6.04. The van der Waals surface area contributed by atoms with Crippen LogP contribution in [0.2, 0.25) is 5.02 Å². The number of nitrogens with two attached hydrogens (primary N) is 1. The molecule has 2 rings (SSSR count). The highest BCUT2D eigenvalue weighted by Gasteiger charge is 2.13. The molecule has 1 atom stereocenters. The third kappa shape index (κ3) is 3.05. The van der Waals surface area contributed by atoms with Gasteiger partial charge in [-0.15, -0.1) is 0 Å². The first-order chi connectivity index (χ1) is 8.61. The first-order valence-corrected chi connectivity index (χ1v) is 7.37. The van der Waals surface area contributed by atoms with Crippen LogP contribution in [0.3, 0.4) is 0 Å². The lowest BCUT2D eigenvalue weighted by atomic mass is 9.97. The van der Waals surface area contributed by atoms with Gasteiger partial charge in [-0.25, -0.2) is 0 Å². The van der Waals surface area contributed by atoms with Crippen LogP contribution in [0, 0.1) is 3.57 Å². The van der Waals surface area contributed by atoms with Gasteiger partial charge in [-0.05, 0) is 63.9 Å². The maximum Gasteiger partial charge on any atom is 0.0562 e. The lowest BCUT2D eigenvalue weighted by Gasteiger charge is -2.15. The molecule has 0 bridgehead atoms. The van der Waals surface area contributed by atoms with Crippen molar-refractivity contribution >= 4 is 34.2 Å². The highest BCUT2D eigenvalue weighted by atomic mass is 127. The average Bonchev–Trinajstić information content (AvgIpc) is 2.41. The van der Waals surface area contributed by atoms with Gasteiger partial charge in [-0.2, -0.15) is 0 Å². The zero-order valence-electron chi connectivity index (χ0n) is 10.2. The lowest BCUT2D eigenvalue weighted by molar-refractivity contribution is 0.861. The molecule has 94 valence electrons. The van der Waals surface area contributed by atoms with E-state index in [-0.39, 0.29) is 6.04 Å². The monoisotopic (exact) mass is 371 g/mol. The molecule has 0 saturated carbocycles. The number of halogens is 2. The fraction of sp³-hybridized carbons (Fsp3) is 0.200. The number of hydrogen-bond donors (Lipinski definition) is 1. The Morgan fingerprint density at radius 3 is 2.72 bits per heavy atom. The molecule has 18 heavy (non-hydrogen) atoms. The molecule has 2 N–H and O–H groups in total.